The van der Waals surface area contributed by atoms with E-state index in [-0.39, 0.29) is 11.9 Å². The summed E-state index contributed by atoms with van der Waals surface area (Å²) in [4.78, 5) is 29.1. The first-order chi connectivity index (χ1) is 14.5. The van der Waals surface area contributed by atoms with Crippen molar-refractivity contribution in [2.45, 2.75) is 19.8 Å². The molecular formula is C23H24ClN3O3. The first-order valence-corrected chi connectivity index (χ1v) is 10.4. The molecule has 3 amide bonds. The number of rotatable bonds is 3. The van der Waals surface area contributed by atoms with Crippen molar-refractivity contribution in [2.24, 2.45) is 0 Å². The zero-order valence-corrected chi connectivity index (χ0v) is 17.6. The first-order valence-electron chi connectivity index (χ1n) is 10.1. The molecule has 6 nitrogen and oxygen atoms in total. The molecule has 0 radical (unpaired) electrons. The number of carbonyl (C=O) groups is 2. The monoisotopic (exact) mass is 425 g/mol. The fourth-order valence-electron chi connectivity index (χ4n) is 3.74. The predicted molar refractivity (Wildman–Crippen MR) is 118 cm³/mol. The molecule has 1 fully saturated rings. The van der Waals surface area contributed by atoms with Crippen molar-refractivity contribution in [3.8, 4) is 0 Å². The Balaban J connectivity index is 1.36. The average molecular weight is 426 g/mol. The van der Waals surface area contributed by atoms with Crippen molar-refractivity contribution >= 4 is 40.2 Å². The van der Waals surface area contributed by atoms with E-state index in [1.807, 2.05) is 30.0 Å². The lowest BCUT2D eigenvalue weighted by atomic mass is 10.1. The molecule has 0 unspecified atom stereocenters. The summed E-state index contributed by atoms with van der Waals surface area (Å²) in [5.41, 5.74) is 3.48. The van der Waals surface area contributed by atoms with Crippen LogP contribution in [0.3, 0.4) is 0 Å². The van der Waals surface area contributed by atoms with Crippen LogP contribution in [0.25, 0.3) is 11.0 Å². The molecule has 0 saturated carbocycles. The molecular weight excluding hydrogens is 402 g/mol. The number of urea groups is 1. The first kappa shape index (κ1) is 20.3. The van der Waals surface area contributed by atoms with Crippen molar-refractivity contribution in [3.05, 3.63) is 64.9 Å². The minimum absolute atomic E-state index is 0.0513. The van der Waals surface area contributed by atoms with Crippen LogP contribution in [0.1, 0.15) is 17.5 Å². The van der Waals surface area contributed by atoms with Gasteiger partial charge in [-0.1, -0.05) is 29.8 Å². The second kappa shape index (κ2) is 8.79. The van der Waals surface area contributed by atoms with Crippen LogP contribution in [-0.4, -0.2) is 47.9 Å². The molecule has 1 aromatic heterocycles. The van der Waals surface area contributed by atoms with Crippen molar-refractivity contribution in [1.82, 2.24) is 9.80 Å². The Labute approximate surface area is 180 Å². The summed E-state index contributed by atoms with van der Waals surface area (Å²) in [6.07, 6.45) is 2.70. The van der Waals surface area contributed by atoms with Gasteiger partial charge >= 0.3 is 6.03 Å². The van der Waals surface area contributed by atoms with Crippen LogP contribution in [0.2, 0.25) is 5.02 Å². The van der Waals surface area contributed by atoms with Crippen molar-refractivity contribution in [2.75, 3.05) is 31.5 Å². The number of carbonyl (C=O) groups excluding carboxylic acids is 2. The smallest absolute Gasteiger partial charge is 0.321 e. The van der Waals surface area contributed by atoms with Gasteiger partial charge in [0.1, 0.15) is 5.58 Å². The fourth-order valence-corrected chi connectivity index (χ4v) is 3.93. The van der Waals surface area contributed by atoms with E-state index >= 15 is 0 Å². The van der Waals surface area contributed by atoms with Crippen LogP contribution in [0.4, 0.5) is 10.5 Å². The fraction of sp³-hybridized carbons (Fsp3) is 0.304. The number of nitrogens with one attached hydrogen (secondary N) is 1. The molecule has 156 valence electrons. The van der Waals surface area contributed by atoms with Gasteiger partial charge in [0.25, 0.3) is 0 Å². The van der Waals surface area contributed by atoms with Crippen LogP contribution in [0.5, 0.6) is 0 Å². The van der Waals surface area contributed by atoms with Gasteiger partial charge in [0.15, 0.2) is 0 Å². The lowest BCUT2D eigenvalue weighted by molar-refractivity contribution is -0.130. The zero-order chi connectivity index (χ0) is 21.1. The van der Waals surface area contributed by atoms with Crippen LogP contribution in [-0.2, 0) is 11.2 Å². The van der Waals surface area contributed by atoms with Gasteiger partial charge in [0.2, 0.25) is 5.91 Å². The van der Waals surface area contributed by atoms with E-state index in [0.717, 1.165) is 28.5 Å². The second-order valence-electron chi connectivity index (χ2n) is 7.60. The van der Waals surface area contributed by atoms with E-state index in [0.29, 0.717) is 43.3 Å². The number of hydrogen-bond donors (Lipinski definition) is 1. The van der Waals surface area contributed by atoms with E-state index in [2.05, 4.69) is 5.32 Å². The Bertz CT molecular complexity index is 1080. The van der Waals surface area contributed by atoms with Gasteiger partial charge in [-0.3, -0.25) is 4.79 Å². The maximum atomic E-state index is 12.9. The third kappa shape index (κ3) is 4.60. The van der Waals surface area contributed by atoms with Gasteiger partial charge in [0, 0.05) is 47.8 Å². The molecule has 0 bridgehead atoms. The number of hydrogen-bond acceptors (Lipinski definition) is 3. The second-order valence-corrected chi connectivity index (χ2v) is 8.04. The summed E-state index contributed by atoms with van der Waals surface area (Å²) >= 11 is 5.98. The number of fused-ring (bicyclic) bond motifs is 1. The highest BCUT2D eigenvalue weighted by atomic mass is 35.5. The molecule has 2 aromatic carbocycles. The van der Waals surface area contributed by atoms with Gasteiger partial charge in [-0.15, -0.1) is 0 Å². The molecule has 30 heavy (non-hydrogen) atoms. The topological polar surface area (TPSA) is 65.8 Å². The maximum absolute atomic E-state index is 12.9. The van der Waals surface area contributed by atoms with Crippen LogP contribution >= 0.6 is 11.6 Å². The van der Waals surface area contributed by atoms with Gasteiger partial charge < -0.3 is 19.5 Å². The normalized spacial score (nSPS) is 14.6. The molecule has 1 aliphatic heterocycles. The Hall–Kier alpha value is -2.99. The number of halogens is 1. The molecule has 1 saturated heterocycles. The standard InChI is InChI=1S/C23H24ClN3O3/c1-16-6-7-20-17(15-30-21(20)12-16)13-22(28)26-8-3-9-27(11-10-26)23(29)25-19-5-2-4-18(24)14-19/h2,4-7,12,14-15H,3,8-11,13H2,1H3,(H,25,29). The summed E-state index contributed by atoms with van der Waals surface area (Å²) in [6, 6.07) is 12.9. The molecule has 0 spiro atoms. The lowest BCUT2D eigenvalue weighted by Gasteiger charge is -2.22. The Morgan fingerprint density at radius 1 is 1.07 bits per heavy atom. The molecule has 2 heterocycles. The molecule has 0 aliphatic carbocycles. The van der Waals surface area contributed by atoms with Crippen LogP contribution < -0.4 is 5.32 Å². The largest absolute Gasteiger partial charge is 0.464 e. The number of aryl methyl sites for hydroxylation is 1. The van der Waals surface area contributed by atoms with Gasteiger partial charge in [-0.2, -0.15) is 0 Å². The van der Waals surface area contributed by atoms with E-state index < -0.39 is 0 Å². The van der Waals surface area contributed by atoms with Gasteiger partial charge in [0.05, 0.1) is 12.7 Å². The third-order valence-electron chi connectivity index (χ3n) is 5.36. The zero-order valence-electron chi connectivity index (χ0n) is 16.9. The molecule has 4 rings (SSSR count). The van der Waals surface area contributed by atoms with Gasteiger partial charge in [-0.05, 0) is 43.2 Å². The minimum Gasteiger partial charge on any atom is -0.464 e. The van der Waals surface area contributed by atoms with Crippen molar-refractivity contribution < 1.29 is 14.0 Å². The number of amides is 3. The summed E-state index contributed by atoms with van der Waals surface area (Å²) < 4.78 is 5.61. The lowest BCUT2D eigenvalue weighted by Crippen LogP contribution is -2.39. The molecule has 0 atom stereocenters. The van der Waals surface area contributed by atoms with Crippen LogP contribution in [0.15, 0.2) is 53.1 Å². The Kier molecular flexibility index (Phi) is 5.95. The van der Waals surface area contributed by atoms with E-state index in [1.54, 1.807) is 35.4 Å². The summed E-state index contributed by atoms with van der Waals surface area (Å²) in [5.74, 6) is 0.0513. The number of anilines is 1. The predicted octanol–water partition coefficient (Wildman–Crippen LogP) is 4.70. The van der Waals surface area contributed by atoms with E-state index in [9.17, 15) is 9.59 Å². The minimum atomic E-state index is -0.178. The number of furan rings is 1. The van der Waals surface area contributed by atoms with E-state index in [4.69, 9.17) is 16.0 Å². The molecule has 1 aliphatic rings. The Morgan fingerprint density at radius 3 is 2.70 bits per heavy atom. The summed E-state index contributed by atoms with van der Waals surface area (Å²) in [5, 5.41) is 4.42. The quantitative estimate of drug-likeness (QED) is 0.661. The SMILES string of the molecule is Cc1ccc2c(CC(=O)N3CCCN(C(=O)Nc4cccc(Cl)c4)CC3)coc2c1. The number of benzene rings is 2. The van der Waals surface area contributed by atoms with Gasteiger partial charge in [-0.25, -0.2) is 4.79 Å². The molecule has 1 N–H and O–H groups in total. The Morgan fingerprint density at radius 2 is 1.87 bits per heavy atom. The van der Waals surface area contributed by atoms with Crippen molar-refractivity contribution in [3.63, 3.8) is 0 Å². The molecule has 7 heteroatoms. The van der Waals surface area contributed by atoms with Crippen molar-refractivity contribution in [1.29, 1.82) is 0 Å². The molecule has 3 aromatic rings. The third-order valence-corrected chi connectivity index (χ3v) is 5.60. The maximum Gasteiger partial charge on any atom is 0.321 e. The summed E-state index contributed by atoms with van der Waals surface area (Å²) in [7, 11) is 0. The average Bonchev–Trinajstić information content (AvgIpc) is 2.94. The highest BCUT2D eigenvalue weighted by Crippen LogP contribution is 2.23. The number of nitrogens with zero attached hydrogens (tertiary/aromatic N) is 2. The van der Waals surface area contributed by atoms with Crippen LogP contribution in [0, 0.1) is 6.92 Å². The highest BCUT2D eigenvalue weighted by Gasteiger charge is 2.23. The van der Waals surface area contributed by atoms with E-state index in [1.165, 1.54) is 0 Å². The summed E-state index contributed by atoms with van der Waals surface area (Å²) in [6.45, 7) is 4.25. The highest BCUT2D eigenvalue weighted by molar-refractivity contribution is 6.30.